The normalized spacial score (nSPS) is 14.5. The van der Waals surface area contributed by atoms with Gasteiger partial charge in [-0.05, 0) is 50.3 Å². The summed E-state index contributed by atoms with van der Waals surface area (Å²) in [5.41, 5.74) is 6.60. The van der Waals surface area contributed by atoms with Crippen molar-refractivity contribution in [3.63, 3.8) is 0 Å². The molecular weight excluding hydrogens is 296 g/mol. The van der Waals surface area contributed by atoms with Crippen LogP contribution in [0.3, 0.4) is 0 Å². The quantitative estimate of drug-likeness (QED) is 0.594. The zero-order valence-electron chi connectivity index (χ0n) is 13.5. The zero-order chi connectivity index (χ0) is 16.7. The average Bonchev–Trinajstić information content (AvgIpc) is 3.04. The van der Waals surface area contributed by atoms with E-state index in [0.29, 0.717) is 23.5 Å². The molecule has 6 nitrogen and oxygen atoms in total. The molecule has 1 saturated carbocycles. The zero-order valence-corrected chi connectivity index (χ0v) is 13.5. The first-order valence-electron chi connectivity index (χ1n) is 8.10. The number of nitrogens with one attached hydrogen (secondary N) is 1. The Morgan fingerprint density at radius 3 is 2.74 bits per heavy atom. The number of carbonyl (C=O) groups excluding carboxylic acids is 2. The van der Waals surface area contributed by atoms with E-state index in [1.165, 1.54) is 6.07 Å². The van der Waals surface area contributed by atoms with Crippen LogP contribution >= 0.6 is 0 Å². The predicted molar refractivity (Wildman–Crippen MR) is 87.3 cm³/mol. The number of ether oxygens (including phenoxy) is 2. The predicted octanol–water partition coefficient (Wildman–Crippen LogP) is 2.27. The van der Waals surface area contributed by atoms with Crippen LogP contribution in [0.4, 0.5) is 5.69 Å². The van der Waals surface area contributed by atoms with Gasteiger partial charge in [-0.3, -0.25) is 4.79 Å². The van der Waals surface area contributed by atoms with E-state index >= 15 is 0 Å². The highest BCUT2D eigenvalue weighted by Crippen LogP contribution is 2.25. The molecule has 0 bridgehead atoms. The van der Waals surface area contributed by atoms with Crippen LogP contribution < -0.4 is 15.8 Å². The summed E-state index contributed by atoms with van der Waals surface area (Å²) in [6, 6.07) is 4.72. The van der Waals surface area contributed by atoms with Crippen LogP contribution in [0.1, 0.15) is 49.4 Å². The molecule has 23 heavy (non-hydrogen) atoms. The van der Waals surface area contributed by atoms with Gasteiger partial charge in [0.05, 0.1) is 11.3 Å². The minimum absolute atomic E-state index is 0.00393. The number of nitrogens with two attached hydrogens (primary N) is 1. The maximum atomic E-state index is 12.1. The van der Waals surface area contributed by atoms with Crippen molar-refractivity contribution in [2.45, 2.75) is 45.1 Å². The lowest BCUT2D eigenvalue weighted by atomic mass is 10.2. The Kier molecular flexibility index (Phi) is 6.26. The lowest BCUT2D eigenvalue weighted by Gasteiger charge is -2.13. The summed E-state index contributed by atoms with van der Waals surface area (Å²) < 4.78 is 10.9. The van der Waals surface area contributed by atoms with E-state index in [2.05, 4.69) is 5.32 Å². The number of anilines is 1. The number of amides is 1. The molecule has 1 aliphatic carbocycles. The van der Waals surface area contributed by atoms with Gasteiger partial charge in [0.15, 0.2) is 6.61 Å². The van der Waals surface area contributed by atoms with Gasteiger partial charge in [0.25, 0.3) is 5.91 Å². The van der Waals surface area contributed by atoms with Crippen LogP contribution in [0.15, 0.2) is 18.2 Å². The van der Waals surface area contributed by atoms with Crippen molar-refractivity contribution in [1.82, 2.24) is 5.32 Å². The minimum atomic E-state index is -0.378. The third-order valence-electron chi connectivity index (χ3n) is 3.76. The Balaban J connectivity index is 1.94. The van der Waals surface area contributed by atoms with Crippen LogP contribution in [0.2, 0.25) is 0 Å². The third-order valence-corrected chi connectivity index (χ3v) is 3.76. The van der Waals surface area contributed by atoms with Gasteiger partial charge in [-0.1, -0.05) is 6.92 Å². The summed E-state index contributed by atoms with van der Waals surface area (Å²) in [5, 5.41) is 2.71. The molecular formula is C17H24N2O4. The molecule has 0 atom stereocenters. The lowest BCUT2D eigenvalue weighted by molar-refractivity contribution is -0.123. The maximum absolute atomic E-state index is 12.1. The summed E-state index contributed by atoms with van der Waals surface area (Å²) in [6.07, 6.45) is 4.89. The summed E-state index contributed by atoms with van der Waals surface area (Å²) in [5.74, 6) is -0.278. The second-order valence-corrected chi connectivity index (χ2v) is 5.70. The molecule has 0 saturated heterocycles. The molecule has 126 valence electrons. The molecule has 2 rings (SSSR count). The maximum Gasteiger partial charge on any atom is 0.338 e. The van der Waals surface area contributed by atoms with Crippen molar-refractivity contribution >= 4 is 17.6 Å². The number of benzene rings is 1. The van der Waals surface area contributed by atoms with E-state index < -0.39 is 0 Å². The summed E-state index contributed by atoms with van der Waals surface area (Å²) in [7, 11) is 0. The van der Waals surface area contributed by atoms with E-state index in [0.717, 1.165) is 32.1 Å². The molecule has 1 aromatic rings. The molecule has 1 aromatic carbocycles. The van der Waals surface area contributed by atoms with Crippen molar-refractivity contribution in [3.05, 3.63) is 23.8 Å². The first-order chi connectivity index (χ1) is 11.1. The number of nitrogen functional groups attached to an aromatic ring is 1. The van der Waals surface area contributed by atoms with Crippen LogP contribution in [-0.2, 0) is 9.53 Å². The van der Waals surface area contributed by atoms with Gasteiger partial charge >= 0.3 is 5.97 Å². The van der Waals surface area contributed by atoms with Crippen molar-refractivity contribution in [2.75, 3.05) is 18.9 Å². The van der Waals surface area contributed by atoms with Crippen LogP contribution in [0.5, 0.6) is 5.75 Å². The SMILES string of the molecule is CCCNC(=O)COc1cc(C(=O)OC2CCCC2)ccc1N. The molecule has 0 heterocycles. The van der Waals surface area contributed by atoms with Gasteiger partial charge in [0.1, 0.15) is 11.9 Å². The molecule has 0 spiro atoms. The molecule has 1 aliphatic rings. The highest BCUT2D eigenvalue weighted by atomic mass is 16.5. The second kappa shape index (κ2) is 8.41. The number of hydrogen-bond donors (Lipinski definition) is 2. The molecule has 0 radical (unpaired) electrons. The molecule has 3 N–H and O–H groups in total. The molecule has 1 amide bonds. The van der Waals surface area contributed by atoms with Gasteiger partial charge in [-0.2, -0.15) is 0 Å². The van der Waals surface area contributed by atoms with E-state index in [1.54, 1.807) is 12.1 Å². The number of hydrogen-bond acceptors (Lipinski definition) is 5. The Bertz CT molecular complexity index is 554. The summed E-state index contributed by atoms with van der Waals surface area (Å²) in [4.78, 5) is 23.7. The summed E-state index contributed by atoms with van der Waals surface area (Å²) >= 11 is 0. The largest absolute Gasteiger partial charge is 0.482 e. The summed E-state index contributed by atoms with van der Waals surface area (Å²) in [6.45, 7) is 2.44. The standard InChI is InChI=1S/C17H24N2O4/c1-2-9-19-16(20)11-22-15-10-12(7-8-14(15)18)17(21)23-13-5-3-4-6-13/h7-8,10,13H,2-6,9,11,18H2,1H3,(H,19,20). The van der Waals surface area contributed by atoms with Gasteiger partial charge in [-0.15, -0.1) is 0 Å². The fraction of sp³-hybridized carbons (Fsp3) is 0.529. The minimum Gasteiger partial charge on any atom is -0.482 e. The molecule has 1 fully saturated rings. The van der Waals surface area contributed by atoms with Crippen LogP contribution in [0.25, 0.3) is 0 Å². The highest BCUT2D eigenvalue weighted by molar-refractivity contribution is 5.91. The van der Waals surface area contributed by atoms with Crippen LogP contribution in [0, 0.1) is 0 Å². The van der Waals surface area contributed by atoms with Gasteiger partial charge in [0.2, 0.25) is 0 Å². The van der Waals surface area contributed by atoms with Crippen molar-refractivity contribution in [1.29, 1.82) is 0 Å². The Labute approximate surface area is 136 Å². The van der Waals surface area contributed by atoms with Gasteiger partial charge < -0.3 is 20.5 Å². The number of rotatable bonds is 7. The fourth-order valence-corrected chi connectivity index (χ4v) is 2.47. The Morgan fingerprint density at radius 2 is 2.04 bits per heavy atom. The number of esters is 1. The Morgan fingerprint density at radius 1 is 1.30 bits per heavy atom. The van der Waals surface area contributed by atoms with Crippen molar-refractivity contribution in [2.24, 2.45) is 0 Å². The Hall–Kier alpha value is -2.24. The lowest BCUT2D eigenvalue weighted by Crippen LogP contribution is -2.29. The number of carbonyl (C=O) groups is 2. The molecule has 0 aromatic heterocycles. The average molecular weight is 320 g/mol. The van der Waals surface area contributed by atoms with Crippen molar-refractivity contribution in [3.8, 4) is 5.75 Å². The molecule has 6 heteroatoms. The van der Waals surface area contributed by atoms with Gasteiger partial charge in [-0.25, -0.2) is 4.79 Å². The fourth-order valence-electron chi connectivity index (χ4n) is 2.47. The van der Waals surface area contributed by atoms with E-state index in [9.17, 15) is 9.59 Å². The van der Waals surface area contributed by atoms with E-state index in [4.69, 9.17) is 15.2 Å². The first-order valence-corrected chi connectivity index (χ1v) is 8.10. The first kappa shape index (κ1) is 17.1. The third kappa shape index (κ3) is 5.16. The molecule has 0 aliphatic heterocycles. The second-order valence-electron chi connectivity index (χ2n) is 5.70. The van der Waals surface area contributed by atoms with E-state index in [-0.39, 0.29) is 24.6 Å². The van der Waals surface area contributed by atoms with Gasteiger partial charge in [0, 0.05) is 6.54 Å². The molecule has 0 unspecified atom stereocenters. The van der Waals surface area contributed by atoms with Crippen LogP contribution in [-0.4, -0.2) is 31.1 Å². The smallest absolute Gasteiger partial charge is 0.338 e. The monoisotopic (exact) mass is 320 g/mol. The highest BCUT2D eigenvalue weighted by Gasteiger charge is 2.20. The van der Waals surface area contributed by atoms with E-state index in [1.807, 2.05) is 6.92 Å². The van der Waals surface area contributed by atoms with Crippen molar-refractivity contribution < 1.29 is 19.1 Å². The topological polar surface area (TPSA) is 90.6 Å².